The molecule has 0 saturated carbocycles. The van der Waals surface area contributed by atoms with E-state index >= 15 is 0 Å². The van der Waals surface area contributed by atoms with Gasteiger partial charge in [-0.1, -0.05) is 24.3 Å². The number of carbonyl (C=O) groups is 1. The Morgan fingerprint density at radius 2 is 1.81 bits per heavy atom. The molecule has 4 nitrogen and oxygen atoms in total. The topological polar surface area (TPSA) is 51.2 Å². The van der Waals surface area contributed by atoms with Gasteiger partial charge in [0.2, 0.25) is 0 Å². The highest BCUT2D eigenvalue weighted by atomic mass is 32.1. The van der Waals surface area contributed by atoms with Gasteiger partial charge < -0.3 is 10.1 Å². The van der Waals surface area contributed by atoms with Crippen LogP contribution in [0.5, 0.6) is 5.75 Å². The lowest BCUT2D eigenvalue weighted by Gasteiger charge is -2.11. The second-order valence-corrected chi connectivity index (χ2v) is 7.20. The van der Waals surface area contributed by atoms with Crippen molar-refractivity contribution in [3.63, 3.8) is 0 Å². The molecule has 0 spiro atoms. The van der Waals surface area contributed by atoms with E-state index in [0.29, 0.717) is 5.56 Å². The maximum atomic E-state index is 12.8. The molecule has 4 aromatic rings. The van der Waals surface area contributed by atoms with Gasteiger partial charge in [0.1, 0.15) is 10.8 Å². The summed E-state index contributed by atoms with van der Waals surface area (Å²) in [6, 6.07) is 21.2. The van der Waals surface area contributed by atoms with Crippen LogP contribution in [0.4, 0.5) is 5.69 Å². The lowest BCUT2D eigenvalue weighted by molar-refractivity contribution is 0.102. The van der Waals surface area contributed by atoms with Crippen LogP contribution in [-0.2, 0) is 0 Å². The third-order valence-corrected chi connectivity index (χ3v) is 5.43. The summed E-state index contributed by atoms with van der Waals surface area (Å²) in [6.45, 7) is 1.92. The minimum absolute atomic E-state index is 0.158. The lowest BCUT2D eigenvalue weighted by atomic mass is 10.1. The monoisotopic (exact) mass is 374 g/mol. The summed E-state index contributed by atoms with van der Waals surface area (Å²) >= 11 is 1.62. The van der Waals surface area contributed by atoms with Gasteiger partial charge >= 0.3 is 0 Å². The van der Waals surface area contributed by atoms with Crippen LogP contribution >= 0.6 is 11.3 Å². The van der Waals surface area contributed by atoms with Crippen molar-refractivity contribution in [1.82, 2.24) is 4.98 Å². The van der Waals surface area contributed by atoms with Crippen LogP contribution in [0.15, 0.2) is 66.7 Å². The normalized spacial score (nSPS) is 10.7. The van der Waals surface area contributed by atoms with Gasteiger partial charge in [-0.25, -0.2) is 4.98 Å². The number of ether oxygens (including phenoxy) is 1. The van der Waals surface area contributed by atoms with Crippen molar-refractivity contribution in [2.75, 3.05) is 12.4 Å². The number of anilines is 1. The molecular weight excluding hydrogens is 356 g/mol. The largest absolute Gasteiger partial charge is 0.496 e. The Balaban J connectivity index is 1.67. The minimum atomic E-state index is -0.158. The SMILES string of the molecule is COc1ccc(C(=O)Nc2ccccc2-c2nc3ccccc3s2)cc1C. The van der Waals surface area contributed by atoms with E-state index in [4.69, 9.17) is 9.72 Å². The summed E-state index contributed by atoms with van der Waals surface area (Å²) < 4.78 is 6.39. The number of fused-ring (bicyclic) bond motifs is 1. The van der Waals surface area contributed by atoms with Crippen LogP contribution in [0.1, 0.15) is 15.9 Å². The minimum Gasteiger partial charge on any atom is -0.496 e. The van der Waals surface area contributed by atoms with Gasteiger partial charge in [-0.3, -0.25) is 4.79 Å². The number of para-hydroxylation sites is 2. The predicted octanol–water partition coefficient (Wildman–Crippen LogP) is 5.53. The molecule has 134 valence electrons. The number of rotatable bonds is 4. The first-order valence-corrected chi connectivity index (χ1v) is 9.38. The molecule has 0 atom stereocenters. The molecule has 0 bridgehead atoms. The van der Waals surface area contributed by atoms with Crippen molar-refractivity contribution in [2.24, 2.45) is 0 Å². The molecule has 0 aliphatic carbocycles. The van der Waals surface area contributed by atoms with Gasteiger partial charge in [0.25, 0.3) is 5.91 Å². The number of carbonyl (C=O) groups excluding carboxylic acids is 1. The second-order valence-electron chi connectivity index (χ2n) is 6.17. The Kier molecular flexibility index (Phi) is 4.60. The zero-order valence-corrected chi connectivity index (χ0v) is 15.8. The highest BCUT2D eigenvalue weighted by Gasteiger charge is 2.14. The summed E-state index contributed by atoms with van der Waals surface area (Å²) in [5.41, 5.74) is 4.13. The molecule has 0 radical (unpaired) electrons. The summed E-state index contributed by atoms with van der Waals surface area (Å²) in [4.78, 5) is 17.5. The molecule has 4 rings (SSSR count). The number of aryl methyl sites for hydroxylation is 1. The van der Waals surface area contributed by atoms with E-state index in [2.05, 4.69) is 11.4 Å². The highest BCUT2D eigenvalue weighted by molar-refractivity contribution is 7.21. The quantitative estimate of drug-likeness (QED) is 0.511. The summed E-state index contributed by atoms with van der Waals surface area (Å²) in [7, 11) is 1.62. The van der Waals surface area contributed by atoms with Crippen LogP contribution in [0.3, 0.4) is 0 Å². The number of nitrogens with zero attached hydrogens (tertiary/aromatic N) is 1. The van der Waals surface area contributed by atoms with E-state index in [-0.39, 0.29) is 5.91 Å². The Morgan fingerprint density at radius 3 is 2.59 bits per heavy atom. The number of hydrogen-bond donors (Lipinski definition) is 1. The Hall–Kier alpha value is -3.18. The molecule has 0 aliphatic heterocycles. The molecule has 1 amide bonds. The zero-order chi connectivity index (χ0) is 18.8. The number of hydrogen-bond acceptors (Lipinski definition) is 4. The first kappa shape index (κ1) is 17.2. The fraction of sp³-hybridized carbons (Fsp3) is 0.0909. The van der Waals surface area contributed by atoms with Gasteiger partial charge in [0.05, 0.1) is 23.0 Å². The number of amides is 1. The van der Waals surface area contributed by atoms with Crippen molar-refractivity contribution in [1.29, 1.82) is 0 Å². The van der Waals surface area contributed by atoms with Crippen LogP contribution in [-0.4, -0.2) is 18.0 Å². The predicted molar refractivity (Wildman–Crippen MR) is 111 cm³/mol. The van der Waals surface area contributed by atoms with E-state index < -0.39 is 0 Å². The smallest absolute Gasteiger partial charge is 0.255 e. The average molecular weight is 374 g/mol. The van der Waals surface area contributed by atoms with E-state index in [1.807, 2.05) is 61.5 Å². The Morgan fingerprint density at radius 1 is 1.04 bits per heavy atom. The third kappa shape index (κ3) is 3.41. The van der Waals surface area contributed by atoms with Crippen LogP contribution < -0.4 is 10.1 Å². The number of methoxy groups -OCH3 is 1. The molecule has 0 fully saturated rings. The van der Waals surface area contributed by atoms with Crippen LogP contribution in [0.2, 0.25) is 0 Å². The molecule has 27 heavy (non-hydrogen) atoms. The lowest BCUT2D eigenvalue weighted by Crippen LogP contribution is -2.12. The standard InChI is InChI=1S/C22H18N2O2S/c1-14-13-15(11-12-19(14)26-2)21(25)23-17-8-4-3-7-16(17)22-24-18-9-5-6-10-20(18)27-22/h3-13H,1-2H3,(H,23,25). The number of aromatic nitrogens is 1. The first-order valence-electron chi connectivity index (χ1n) is 8.56. The van der Waals surface area contributed by atoms with Crippen molar-refractivity contribution in [2.45, 2.75) is 6.92 Å². The van der Waals surface area contributed by atoms with Gasteiger partial charge in [-0.05, 0) is 55.0 Å². The molecule has 1 N–H and O–H groups in total. The second kappa shape index (κ2) is 7.21. The van der Waals surface area contributed by atoms with Gasteiger partial charge in [-0.15, -0.1) is 11.3 Å². The molecule has 1 aromatic heterocycles. The molecule has 1 heterocycles. The molecule has 0 unspecified atom stereocenters. The summed E-state index contributed by atoms with van der Waals surface area (Å²) in [5, 5.41) is 3.91. The number of thiazole rings is 1. The number of nitrogens with one attached hydrogen (secondary N) is 1. The van der Waals surface area contributed by atoms with Crippen LogP contribution in [0, 0.1) is 6.92 Å². The summed E-state index contributed by atoms with van der Waals surface area (Å²) in [6.07, 6.45) is 0. The van der Waals surface area contributed by atoms with Crippen molar-refractivity contribution in [3.05, 3.63) is 77.9 Å². The van der Waals surface area contributed by atoms with Crippen molar-refractivity contribution < 1.29 is 9.53 Å². The van der Waals surface area contributed by atoms with Crippen molar-refractivity contribution >= 4 is 33.1 Å². The maximum absolute atomic E-state index is 12.8. The van der Waals surface area contributed by atoms with Crippen LogP contribution in [0.25, 0.3) is 20.8 Å². The average Bonchev–Trinajstić information content (AvgIpc) is 3.12. The molecule has 0 saturated heterocycles. The zero-order valence-electron chi connectivity index (χ0n) is 15.0. The fourth-order valence-corrected chi connectivity index (χ4v) is 3.99. The molecule has 5 heteroatoms. The van der Waals surface area contributed by atoms with E-state index in [1.165, 1.54) is 0 Å². The molecule has 0 aliphatic rings. The van der Waals surface area contributed by atoms with E-state index in [9.17, 15) is 4.79 Å². The summed E-state index contributed by atoms with van der Waals surface area (Å²) in [5.74, 6) is 0.607. The Bertz CT molecular complexity index is 1100. The molecular formula is C22H18N2O2S. The first-order chi connectivity index (χ1) is 13.2. The van der Waals surface area contributed by atoms with E-state index in [1.54, 1.807) is 24.5 Å². The van der Waals surface area contributed by atoms with Gasteiger partial charge in [0, 0.05) is 11.1 Å². The fourth-order valence-electron chi connectivity index (χ4n) is 2.98. The third-order valence-electron chi connectivity index (χ3n) is 4.36. The number of benzene rings is 3. The van der Waals surface area contributed by atoms with Gasteiger partial charge in [0.15, 0.2) is 0 Å². The Labute approximate surface area is 161 Å². The molecule has 3 aromatic carbocycles. The maximum Gasteiger partial charge on any atom is 0.255 e. The highest BCUT2D eigenvalue weighted by Crippen LogP contribution is 2.34. The van der Waals surface area contributed by atoms with E-state index in [0.717, 1.165) is 37.8 Å². The van der Waals surface area contributed by atoms with Crippen molar-refractivity contribution in [3.8, 4) is 16.3 Å². The van der Waals surface area contributed by atoms with Gasteiger partial charge in [-0.2, -0.15) is 0 Å².